The van der Waals surface area contributed by atoms with E-state index >= 15 is 0 Å². The van der Waals surface area contributed by atoms with E-state index in [1.165, 1.54) is 0 Å². The zero-order valence-corrected chi connectivity index (χ0v) is 7.12. The van der Waals surface area contributed by atoms with Crippen molar-refractivity contribution in [3.05, 3.63) is 0 Å². The lowest BCUT2D eigenvalue weighted by Crippen LogP contribution is -0.290. The predicted octanol–water partition coefficient (Wildman–Crippen LogP) is 0.460. The highest BCUT2D eigenvalue weighted by atomic mass is 35.5. The van der Waals surface area contributed by atoms with Gasteiger partial charge in [-0.2, -0.15) is 0 Å². The van der Waals surface area contributed by atoms with Crippen molar-refractivity contribution in [3.63, 3.8) is 0 Å². The summed E-state index contributed by atoms with van der Waals surface area (Å²) in [6, 6.07) is 0. The lowest BCUT2D eigenvalue weighted by atomic mass is 16.0. The maximum atomic E-state index is 0. The lowest BCUT2D eigenvalue weighted by Gasteiger charge is -0.413. The molecule has 0 spiro atoms. The van der Waals surface area contributed by atoms with Crippen LogP contribution in [-0.4, -0.2) is 11.0 Å². The van der Waals surface area contributed by atoms with Crippen LogP contribution in [0.25, 0.3) is 0 Å². The first-order chi connectivity index (χ1) is 0. The van der Waals surface area contributed by atoms with Gasteiger partial charge in [-0.15, -0.1) is 62.0 Å². The molecule has 0 fully saturated rings. The van der Waals surface area contributed by atoms with Gasteiger partial charge in [0, 0.05) is 0 Å². The third-order valence-corrected chi connectivity index (χ3v) is 0. The molecular weight excluding hydrogens is 209 g/mol. The number of hydrogen-bond donors (Lipinski definition) is 0. The third kappa shape index (κ3) is 113. The highest BCUT2D eigenvalue weighted by molar-refractivity contribution is 5.86. The average molecular weight is 218 g/mol. The SMILES string of the molecule is Cl.Cl.Cl.Cl.Cl.O.O. The second-order valence-corrected chi connectivity index (χ2v) is 0. The molecule has 0 heterocycles. The molecule has 2 nitrogen and oxygen atoms in total. The number of hydrogen-bond acceptors (Lipinski definition) is 0. The Morgan fingerprint density at radius 1 is 0.286 bits per heavy atom. The van der Waals surface area contributed by atoms with Crippen LogP contribution in [0.4, 0.5) is 0 Å². The fourth-order valence-corrected chi connectivity index (χ4v) is 0. The Bertz CT molecular complexity index is 6.04. The Balaban J connectivity index is 0. The molecule has 0 saturated heterocycles. The van der Waals surface area contributed by atoms with Crippen LogP contribution in [-0.2, 0) is 0 Å². The topological polar surface area (TPSA) is 63.0 Å². The minimum Gasteiger partial charge on any atom is -0.412 e. The van der Waals surface area contributed by atoms with E-state index < -0.39 is 0 Å². The predicted molar refractivity (Wildman–Crippen MR) is 43.5 cm³/mol. The Labute approximate surface area is 73.1 Å². The molecule has 0 saturated carbocycles. The summed E-state index contributed by atoms with van der Waals surface area (Å²) in [6.07, 6.45) is 0. The van der Waals surface area contributed by atoms with Crippen molar-refractivity contribution in [3.8, 4) is 0 Å². The van der Waals surface area contributed by atoms with Gasteiger partial charge in [0.15, 0.2) is 0 Å². The Kier molecular flexibility index (Phi) is 5510. The van der Waals surface area contributed by atoms with Gasteiger partial charge in [0.1, 0.15) is 0 Å². The second-order valence-electron chi connectivity index (χ2n) is 0. The van der Waals surface area contributed by atoms with Gasteiger partial charge in [0.05, 0.1) is 0 Å². The molecule has 0 aliphatic rings. The number of halogens is 5. The zero-order valence-electron chi connectivity index (χ0n) is 3.04. The molecule has 0 aliphatic carbocycles. The third-order valence-electron chi connectivity index (χ3n) is 0. The summed E-state index contributed by atoms with van der Waals surface area (Å²) in [5, 5.41) is 0. The molecule has 7 heteroatoms. The molecule has 56 valence electrons. The first-order valence-corrected chi connectivity index (χ1v) is 0. The van der Waals surface area contributed by atoms with Crippen LogP contribution in [0.2, 0.25) is 0 Å². The van der Waals surface area contributed by atoms with Crippen molar-refractivity contribution >= 4 is 62.0 Å². The summed E-state index contributed by atoms with van der Waals surface area (Å²) in [7, 11) is 0. The molecule has 4 N–H and O–H groups in total. The van der Waals surface area contributed by atoms with Crippen LogP contribution >= 0.6 is 62.0 Å². The zero-order chi connectivity index (χ0) is 0. The van der Waals surface area contributed by atoms with E-state index in [0.29, 0.717) is 0 Å². The lowest BCUT2D eigenvalue weighted by molar-refractivity contribution is 0.823. The van der Waals surface area contributed by atoms with Crippen molar-refractivity contribution < 1.29 is 11.0 Å². The summed E-state index contributed by atoms with van der Waals surface area (Å²) in [6.45, 7) is 0. The van der Waals surface area contributed by atoms with Crippen molar-refractivity contribution in [1.29, 1.82) is 0 Å². The Morgan fingerprint density at radius 2 is 0.286 bits per heavy atom. The largest absolute Gasteiger partial charge is 0.412 e. The van der Waals surface area contributed by atoms with E-state index in [1.54, 1.807) is 0 Å². The van der Waals surface area contributed by atoms with Gasteiger partial charge >= 0.3 is 0 Å². The van der Waals surface area contributed by atoms with Crippen LogP contribution < -0.4 is 0 Å². The Hall–Kier alpha value is 1.37. The van der Waals surface area contributed by atoms with Gasteiger partial charge in [0.2, 0.25) is 0 Å². The van der Waals surface area contributed by atoms with Crippen LogP contribution in [0.1, 0.15) is 0 Å². The summed E-state index contributed by atoms with van der Waals surface area (Å²) < 4.78 is 0. The van der Waals surface area contributed by atoms with Gasteiger partial charge < -0.3 is 11.0 Å². The summed E-state index contributed by atoms with van der Waals surface area (Å²) in [4.78, 5) is 0. The smallest absolute Gasteiger partial charge is 0.147 e. The van der Waals surface area contributed by atoms with E-state index in [-0.39, 0.29) is 73.0 Å². The van der Waals surface area contributed by atoms with Crippen LogP contribution in [0, 0.1) is 0 Å². The molecule has 0 amide bonds. The van der Waals surface area contributed by atoms with Crippen LogP contribution in [0.5, 0.6) is 0 Å². The second kappa shape index (κ2) is 159. The first kappa shape index (κ1) is 242. The van der Waals surface area contributed by atoms with E-state index in [0.717, 1.165) is 0 Å². The first-order valence-electron chi connectivity index (χ1n) is 0. The van der Waals surface area contributed by atoms with Gasteiger partial charge in [0.25, 0.3) is 0 Å². The molecule has 0 aliphatic heterocycles. The fraction of sp³-hybridized carbons (Fsp3) is 0. The van der Waals surface area contributed by atoms with Crippen molar-refractivity contribution in [2.75, 3.05) is 0 Å². The minimum absolute atomic E-state index is 0. The van der Waals surface area contributed by atoms with Crippen molar-refractivity contribution in [2.45, 2.75) is 0 Å². The minimum atomic E-state index is 0. The molecule has 0 atom stereocenters. The van der Waals surface area contributed by atoms with Gasteiger partial charge in [-0.05, 0) is 0 Å². The standard InChI is InChI=1S/5ClH.2H2O/h5*1H;2*1H2. The van der Waals surface area contributed by atoms with Gasteiger partial charge in [-0.25, -0.2) is 0 Å². The summed E-state index contributed by atoms with van der Waals surface area (Å²) >= 11 is 0. The quantitative estimate of drug-likeness (QED) is 0.567. The van der Waals surface area contributed by atoms with Gasteiger partial charge in [-0.1, -0.05) is 0 Å². The van der Waals surface area contributed by atoms with Crippen LogP contribution in [0.3, 0.4) is 0 Å². The summed E-state index contributed by atoms with van der Waals surface area (Å²) in [5.74, 6) is 0. The van der Waals surface area contributed by atoms with E-state index in [1.807, 2.05) is 0 Å². The molecular formula is H9Cl5O2. The average Bonchev–Trinajstić information content (AvgIpc) is 0. The molecule has 0 radical (unpaired) electrons. The van der Waals surface area contributed by atoms with Crippen molar-refractivity contribution in [1.82, 2.24) is 0 Å². The maximum Gasteiger partial charge on any atom is -0.147 e. The molecule has 0 rings (SSSR count). The Morgan fingerprint density at radius 3 is 0.286 bits per heavy atom. The monoisotopic (exact) mass is 216 g/mol. The highest BCUT2D eigenvalue weighted by Gasteiger charge is -0.143. The van der Waals surface area contributed by atoms with Gasteiger partial charge in [-0.3, -0.25) is 0 Å². The highest BCUT2D eigenvalue weighted by Crippen LogP contribution is 0.694. The molecule has 0 aromatic heterocycles. The van der Waals surface area contributed by atoms with E-state index in [4.69, 9.17) is 0 Å². The molecule has 7 heavy (non-hydrogen) atoms. The molecule has 0 aromatic rings. The van der Waals surface area contributed by atoms with E-state index in [2.05, 4.69) is 0 Å². The normalized spacial score (nSPS) is 0. The van der Waals surface area contributed by atoms with Crippen LogP contribution in [0.15, 0.2) is 0 Å². The number of rotatable bonds is 0. The maximum absolute atomic E-state index is 0. The van der Waals surface area contributed by atoms with Crippen molar-refractivity contribution in [2.24, 2.45) is 0 Å². The summed E-state index contributed by atoms with van der Waals surface area (Å²) in [5.41, 5.74) is 0. The molecule has 0 aromatic carbocycles. The molecule has 0 bridgehead atoms. The molecule has 0 unspecified atom stereocenters. The van der Waals surface area contributed by atoms with E-state index in [9.17, 15) is 0 Å². The fourth-order valence-electron chi connectivity index (χ4n) is 0.